The Bertz CT molecular complexity index is 1090. The molecule has 0 radical (unpaired) electrons. The molecule has 4 aromatic rings. The number of anilines is 2. The Morgan fingerprint density at radius 1 is 0.769 bits per heavy atom. The van der Waals surface area contributed by atoms with E-state index in [-0.39, 0.29) is 0 Å². The average Bonchev–Trinajstić information content (AvgIpc) is 2.67. The van der Waals surface area contributed by atoms with Crippen LogP contribution in [0.1, 0.15) is 0 Å². The number of aromatic nitrogens is 1. The lowest BCUT2D eigenvalue weighted by atomic mass is 10.1. The van der Waals surface area contributed by atoms with Crippen LogP contribution in [-0.2, 0) is 0 Å². The zero-order valence-electron chi connectivity index (χ0n) is 14.4. The van der Waals surface area contributed by atoms with Crippen LogP contribution in [0.15, 0.2) is 60.7 Å². The van der Waals surface area contributed by atoms with Crippen LogP contribution < -0.4 is 14.8 Å². The van der Waals surface area contributed by atoms with Crippen molar-refractivity contribution in [1.29, 1.82) is 0 Å². The van der Waals surface area contributed by atoms with Gasteiger partial charge in [0.1, 0.15) is 11.5 Å². The number of hydrogen-bond donors (Lipinski definition) is 1. The molecule has 0 spiro atoms. The van der Waals surface area contributed by atoms with Crippen LogP contribution in [-0.4, -0.2) is 19.2 Å². The van der Waals surface area contributed by atoms with Gasteiger partial charge in [0.15, 0.2) is 0 Å². The summed E-state index contributed by atoms with van der Waals surface area (Å²) in [5, 5.41) is 6.15. The molecule has 0 atom stereocenters. The summed E-state index contributed by atoms with van der Waals surface area (Å²) in [6, 6.07) is 19.4. The monoisotopic (exact) mass is 364 g/mol. The Hall–Kier alpha value is -2.98. The predicted molar refractivity (Wildman–Crippen MR) is 107 cm³/mol. The SMILES string of the molecule is COc1ccc(Nc2c3ccc(Cl)cc3nc3ccc(OC)cc23)cc1. The first-order valence-corrected chi connectivity index (χ1v) is 8.54. The standard InChI is InChI=1S/C21H17ClN2O2/c1-25-15-6-4-14(5-7-15)23-21-17-9-3-13(22)11-20(17)24-19-10-8-16(26-2)12-18(19)21/h3-12H,1-2H3,(H,23,24). The number of benzene rings is 3. The molecule has 0 aliphatic heterocycles. The molecule has 0 bridgehead atoms. The van der Waals surface area contributed by atoms with E-state index in [9.17, 15) is 0 Å². The minimum Gasteiger partial charge on any atom is -0.497 e. The van der Waals surface area contributed by atoms with Crippen molar-refractivity contribution in [2.75, 3.05) is 19.5 Å². The Balaban J connectivity index is 1.94. The highest BCUT2D eigenvalue weighted by molar-refractivity contribution is 6.31. The number of hydrogen-bond acceptors (Lipinski definition) is 4. The van der Waals surface area contributed by atoms with E-state index in [1.54, 1.807) is 14.2 Å². The third kappa shape index (κ3) is 3.00. The van der Waals surface area contributed by atoms with Crippen molar-refractivity contribution in [3.05, 3.63) is 65.7 Å². The number of halogens is 1. The van der Waals surface area contributed by atoms with Gasteiger partial charge in [0.25, 0.3) is 0 Å². The molecule has 0 aliphatic rings. The number of nitrogens with zero attached hydrogens (tertiary/aromatic N) is 1. The smallest absolute Gasteiger partial charge is 0.119 e. The number of fused-ring (bicyclic) bond motifs is 2. The van der Waals surface area contributed by atoms with Crippen LogP contribution in [0.4, 0.5) is 11.4 Å². The molecule has 26 heavy (non-hydrogen) atoms. The van der Waals surface area contributed by atoms with Gasteiger partial charge in [-0.15, -0.1) is 0 Å². The Morgan fingerprint density at radius 2 is 1.50 bits per heavy atom. The highest BCUT2D eigenvalue weighted by Crippen LogP contribution is 2.36. The van der Waals surface area contributed by atoms with Gasteiger partial charge in [-0.05, 0) is 60.7 Å². The lowest BCUT2D eigenvalue weighted by molar-refractivity contribution is 0.415. The van der Waals surface area contributed by atoms with Crippen LogP contribution in [0.25, 0.3) is 21.8 Å². The number of pyridine rings is 1. The molecule has 0 fully saturated rings. The molecule has 1 heterocycles. The third-order valence-electron chi connectivity index (χ3n) is 4.30. The lowest BCUT2D eigenvalue weighted by Gasteiger charge is -2.14. The lowest BCUT2D eigenvalue weighted by Crippen LogP contribution is -1.96. The van der Waals surface area contributed by atoms with Crippen molar-refractivity contribution < 1.29 is 9.47 Å². The molecule has 5 heteroatoms. The topological polar surface area (TPSA) is 43.4 Å². The number of rotatable bonds is 4. The van der Waals surface area contributed by atoms with Crippen molar-refractivity contribution in [3.8, 4) is 11.5 Å². The molecular weight excluding hydrogens is 348 g/mol. The van der Waals surface area contributed by atoms with Gasteiger partial charge in [0.2, 0.25) is 0 Å². The van der Waals surface area contributed by atoms with Crippen molar-refractivity contribution in [2.45, 2.75) is 0 Å². The van der Waals surface area contributed by atoms with Crippen molar-refractivity contribution in [2.24, 2.45) is 0 Å². The highest BCUT2D eigenvalue weighted by Gasteiger charge is 2.11. The summed E-state index contributed by atoms with van der Waals surface area (Å²) in [5.74, 6) is 1.60. The summed E-state index contributed by atoms with van der Waals surface area (Å²) >= 11 is 6.17. The van der Waals surface area contributed by atoms with Crippen molar-refractivity contribution in [1.82, 2.24) is 4.98 Å². The first-order valence-electron chi connectivity index (χ1n) is 8.16. The van der Waals surface area contributed by atoms with Crippen LogP contribution in [0.2, 0.25) is 5.02 Å². The predicted octanol–water partition coefficient (Wildman–Crippen LogP) is 5.80. The molecule has 0 amide bonds. The summed E-state index contributed by atoms with van der Waals surface area (Å²) < 4.78 is 10.6. The first kappa shape index (κ1) is 16.5. The Labute approximate surface area is 156 Å². The molecule has 3 aromatic carbocycles. The van der Waals surface area contributed by atoms with Gasteiger partial charge in [-0.1, -0.05) is 11.6 Å². The molecule has 4 rings (SSSR count). The number of ether oxygens (including phenoxy) is 2. The van der Waals surface area contributed by atoms with Gasteiger partial charge < -0.3 is 14.8 Å². The van der Waals surface area contributed by atoms with Gasteiger partial charge in [0, 0.05) is 21.5 Å². The minimum absolute atomic E-state index is 0.660. The summed E-state index contributed by atoms with van der Waals surface area (Å²) in [6.07, 6.45) is 0. The van der Waals surface area contributed by atoms with E-state index in [1.165, 1.54) is 0 Å². The van der Waals surface area contributed by atoms with E-state index in [2.05, 4.69) is 5.32 Å². The Kier molecular flexibility index (Phi) is 4.27. The molecule has 1 N–H and O–H groups in total. The molecule has 0 unspecified atom stereocenters. The van der Waals surface area contributed by atoms with Crippen LogP contribution in [0.3, 0.4) is 0 Å². The first-order chi connectivity index (χ1) is 12.7. The van der Waals surface area contributed by atoms with E-state index in [0.717, 1.165) is 44.7 Å². The van der Waals surface area contributed by atoms with Crippen molar-refractivity contribution in [3.63, 3.8) is 0 Å². The molecule has 0 aliphatic carbocycles. The second-order valence-corrected chi connectivity index (χ2v) is 6.32. The summed E-state index contributed by atoms with van der Waals surface area (Å²) in [6.45, 7) is 0. The van der Waals surface area contributed by atoms with E-state index in [4.69, 9.17) is 26.1 Å². The van der Waals surface area contributed by atoms with E-state index in [0.29, 0.717) is 5.02 Å². The maximum atomic E-state index is 6.17. The highest BCUT2D eigenvalue weighted by atomic mass is 35.5. The molecule has 1 aromatic heterocycles. The van der Waals surface area contributed by atoms with Crippen LogP contribution >= 0.6 is 11.6 Å². The molecule has 4 nitrogen and oxygen atoms in total. The fourth-order valence-corrected chi connectivity index (χ4v) is 3.14. The molecule has 0 saturated heterocycles. The second kappa shape index (κ2) is 6.73. The molecule has 130 valence electrons. The molecule has 0 saturated carbocycles. The fraction of sp³-hybridized carbons (Fsp3) is 0.0952. The van der Waals surface area contributed by atoms with Gasteiger partial charge in [-0.2, -0.15) is 0 Å². The van der Waals surface area contributed by atoms with Gasteiger partial charge >= 0.3 is 0 Å². The van der Waals surface area contributed by atoms with Crippen LogP contribution in [0, 0.1) is 0 Å². The maximum absolute atomic E-state index is 6.17. The zero-order valence-corrected chi connectivity index (χ0v) is 15.2. The van der Waals surface area contributed by atoms with Gasteiger partial charge in [-0.3, -0.25) is 0 Å². The number of nitrogens with one attached hydrogen (secondary N) is 1. The summed E-state index contributed by atoms with van der Waals surface area (Å²) in [4.78, 5) is 4.74. The normalized spacial score (nSPS) is 10.9. The summed E-state index contributed by atoms with van der Waals surface area (Å²) in [7, 11) is 3.31. The fourth-order valence-electron chi connectivity index (χ4n) is 2.98. The van der Waals surface area contributed by atoms with Gasteiger partial charge in [0.05, 0.1) is 30.9 Å². The average molecular weight is 365 g/mol. The summed E-state index contributed by atoms with van der Waals surface area (Å²) in [5.41, 5.74) is 3.63. The van der Waals surface area contributed by atoms with Crippen molar-refractivity contribution >= 4 is 44.8 Å². The minimum atomic E-state index is 0.660. The largest absolute Gasteiger partial charge is 0.497 e. The van der Waals surface area contributed by atoms with Gasteiger partial charge in [-0.25, -0.2) is 4.98 Å². The van der Waals surface area contributed by atoms with E-state index < -0.39 is 0 Å². The van der Waals surface area contributed by atoms with E-state index >= 15 is 0 Å². The second-order valence-electron chi connectivity index (χ2n) is 5.88. The van der Waals surface area contributed by atoms with Crippen LogP contribution in [0.5, 0.6) is 11.5 Å². The zero-order chi connectivity index (χ0) is 18.1. The van der Waals surface area contributed by atoms with E-state index in [1.807, 2.05) is 60.7 Å². The number of methoxy groups -OCH3 is 2. The molecular formula is C21H17ClN2O2. The Morgan fingerprint density at radius 3 is 2.23 bits per heavy atom. The third-order valence-corrected chi connectivity index (χ3v) is 4.54. The quantitative estimate of drug-likeness (QED) is 0.464. The maximum Gasteiger partial charge on any atom is 0.119 e.